The van der Waals surface area contributed by atoms with Crippen molar-refractivity contribution in [3.63, 3.8) is 0 Å². The van der Waals surface area contributed by atoms with Gasteiger partial charge in [0.2, 0.25) is 0 Å². The minimum Gasteiger partial charge on any atom is -0.357 e. The van der Waals surface area contributed by atoms with Crippen LogP contribution in [0.5, 0.6) is 0 Å². The molecule has 0 aromatic heterocycles. The van der Waals surface area contributed by atoms with E-state index in [4.69, 9.17) is 4.99 Å². The van der Waals surface area contributed by atoms with Crippen LogP contribution in [0.15, 0.2) is 41.4 Å². The lowest BCUT2D eigenvalue weighted by molar-refractivity contribution is 0.221. The summed E-state index contributed by atoms with van der Waals surface area (Å²) in [6.45, 7) is 7.31. The summed E-state index contributed by atoms with van der Waals surface area (Å²) in [5, 5.41) is 6.87. The molecule has 5 heteroatoms. The van der Waals surface area contributed by atoms with Crippen molar-refractivity contribution in [1.29, 1.82) is 0 Å². The predicted octanol–water partition coefficient (Wildman–Crippen LogP) is 4.06. The second-order valence-corrected chi connectivity index (χ2v) is 7.13. The van der Waals surface area contributed by atoms with Crippen LogP contribution in [0.2, 0.25) is 0 Å². The van der Waals surface area contributed by atoms with Gasteiger partial charge < -0.3 is 10.6 Å². The number of rotatable bonds is 6. The highest BCUT2D eigenvalue weighted by molar-refractivity contribution is 14.0. The van der Waals surface area contributed by atoms with Gasteiger partial charge in [0.1, 0.15) is 0 Å². The summed E-state index contributed by atoms with van der Waals surface area (Å²) >= 11 is 0. The highest BCUT2D eigenvalue weighted by Crippen LogP contribution is 2.14. The van der Waals surface area contributed by atoms with Gasteiger partial charge in [0, 0.05) is 19.1 Å². The summed E-state index contributed by atoms with van der Waals surface area (Å²) < 4.78 is 0. The van der Waals surface area contributed by atoms with Gasteiger partial charge in [-0.3, -0.25) is 4.90 Å². The molecule has 1 aromatic rings. The lowest BCUT2D eigenvalue weighted by atomic mass is 10.1. The molecule has 0 bridgehead atoms. The fourth-order valence-electron chi connectivity index (χ4n) is 3.54. The zero-order valence-corrected chi connectivity index (χ0v) is 18.2. The van der Waals surface area contributed by atoms with E-state index in [-0.39, 0.29) is 24.0 Å². The van der Waals surface area contributed by atoms with Crippen molar-refractivity contribution in [2.75, 3.05) is 19.6 Å². The van der Waals surface area contributed by atoms with Crippen LogP contribution in [-0.2, 0) is 13.1 Å². The Morgan fingerprint density at radius 1 is 1.04 bits per heavy atom. The molecule has 26 heavy (non-hydrogen) atoms. The van der Waals surface area contributed by atoms with Gasteiger partial charge in [0.25, 0.3) is 0 Å². The predicted molar refractivity (Wildman–Crippen MR) is 121 cm³/mol. The van der Waals surface area contributed by atoms with E-state index in [1.54, 1.807) is 0 Å². The molecule has 0 spiro atoms. The molecule has 0 saturated carbocycles. The molecule has 1 saturated heterocycles. The van der Waals surface area contributed by atoms with E-state index in [9.17, 15) is 0 Å². The number of aliphatic imine (C=N–C) groups is 1. The van der Waals surface area contributed by atoms with Crippen LogP contribution in [-0.4, -0.2) is 36.5 Å². The highest BCUT2D eigenvalue weighted by atomic mass is 127. The molecular weight excluding hydrogens is 435 g/mol. The Morgan fingerprint density at radius 3 is 2.35 bits per heavy atom. The first-order chi connectivity index (χ1) is 12.3. The van der Waals surface area contributed by atoms with Crippen molar-refractivity contribution in [2.24, 2.45) is 4.99 Å². The van der Waals surface area contributed by atoms with Crippen molar-refractivity contribution in [3.05, 3.63) is 47.5 Å². The van der Waals surface area contributed by atoms with Crippen LogP contribution in [0.4, 0.5) is 0 Å². The van der Waals surface area contributed by atoms with Gasteiger partial charge in [0.05, 0.1) is 6.54 Å². The monoisotopic (exact) mass is 468 g/mol. The second kappa shape index (κ2) is 11.6. The van der Waals surface area contributed by atoms with Gasteiger partial charge in [0.15, 0.2) is 5.96 Å². The number of halogens is 1. The Hall–Kier alpha value is -1.08. The maximum absolute atomic E-state index is 4.75. The molecule has 1 heterocycles. The van der Waals surface area contributed by atoms with Crippen molar-refractivity contribution >= 4 is 29.9 Å². The fourth-order valence-corrected chi connectivity index (χ4v) is 3.54. The zero-order chi connectivity index (χ0) is 17.3. The molecule has 4 nitrogen and oxygen atoms in total. The van der Waals surface area contributed by atoms with Gasteiger partial charge in [-0.2, -0.15) is 0 Å². The summed E-state index contributed by atoms with van der Waals surface area (Å²) in [7, 11) is 0. The maximum atomic E-state index is 4.75. The second-order valence-electron chi connectivity index (χ2n) is 7.13. The van der Waals surface area contributed by atoms with E-state index in [0.29, 0.717) is 6.04 Å². The summed E-state index contributed by atoms with van der Waals surface area (Å²) in [6, 6.07) is 9.47. The first-order valence-corrected chi connectivity index (χ1v) is 9.83. The van der Waals surface area contributed by atoms with Crippen LogP contribution in [0.25, 0.3) is 0 Å². The standard InChI is InChI=1S/C21H32N4.HI/c1-2-22-21(24-20-8-4-5-9-20)23-16-18-10-12-19(13-11-18)17-25-14-6-3-7-15-25;/h4-5,10-13,20H,2-3,6-9,14-17H2,1H3,(H2,22,23,24);1H. The first kappa shape index (κ1) is 21.2. The molecule has 1 aliphatic heterocycles. The van der Waals surface area contributed by atoms with Gasteiger partial charge >= 0.3 is 0 Å². The molecular formula is C21H33IN4. The summed E-state index contributed by atoms with van der Waals surface area (Å²) in [4.78, 5) is 7.32. The van der Waals surface area contributed by atoms with Crippen LogP contribution >= 0.6 is 24.0 Å². The van der Waals surface area contributed by atoms with E-state index in [1.165, 1.54) is 43.5 Å². The van der Waals surface area contributed by atoms with Gasteiger partial charge in [-0.15, -0.1) is 24.0 Å². The number of piperidine rings is 1. The van der Waals surface area contributed by atoms with E-state index in [2.05, 4.69) is 58.9 Å². The molecule has 0 radical (unpaired) electrons. The van der Waals surface area contributed by atoms with Crippen LogP contribution < -0.4 is 10.6 Å². The van der Waals surface area contributed by atoms with E-state index < -0.39 is 0 Å². The van der Waals surface area contributed by atoms with E-state index in [0.717, 1.165) is 38.4 Å². The molecule has 2 N–H and O–H groups in total. The first-order valence-electron chi connectivity index (χ1n) is 9.83. The Balaban J connectivity index is 0.00000243. The molecule has 3 rings (SSSR count). The average molecular weight is 468 g/mol. The van der Waals surface area contributed by atoms with Crippen LogP contribution in [0.3, 0.4) is 0 Å². The van der Waals surface area contributed by atoms with Crippen molar-refractivity contribution < 1.29 is 0 Å². The van der Waals surface area contributed by atoms with Gasteiger partial charge in [-0.05, 0) is 56.8 Å². The molecule has 1 fully saturated rings. The summed E-state index contributed by atoms with van der Waals surface area (Å²) in [5.41, 5.74) is 2.68. The average Bonchev–Trinajstić information content (AvgIpc) is 3.15. The molecule has 144 valence electrons. The molecule has 2 aliphatic rings. The highest BCUT2D eigenvalue weighted by Gasteiger charge is 2.12. The van der Waals surface area contributed by atoms with Crippen molar-refractivity contribution in [3.8, 4) is 0 Å². The number of benzene rings is 1. The topological polar surface area (TPSA) is 39.7 Å². The summed E-state index contributed by atoms with van der Waals surface area (Å²) in [5.74, 6) is 0.925. The Labute approximate surface area is 175 Å². The quantitative estimate of drug-likeness (QED) is 0.286. The molecule has 0 amide bonds. The maximum Gasteiger partial charge on any atom is 0.191 e. The van der Waals surface area contributed by atoms with Gasteiger partial charge in [-0.1, -0.05) is 42.8 Å². The number of nitrogens with zero attached hydrogens (tertiary/aromatic N) is 2. The third-order valence-corrected chi connectivity index (χ3v) is 4.99. The third-order valence-electron chi connectivity index (χ3n) is 4.99. The van der Waals surface area contributed by atoms with Crippen molar-refractivity contribution in [1.82, 2.24) is 15.5 Å². The van der Waals surface area contributed by atoms with Crippen LogP contribution in [0, 0.1) is 0 Å². The van der Waals surface area contributed by atoms with Gasteiger partial charge in [-0.25, -0.2) is 4.99 Å². The lowest BCUT2D eigenvalue weighted by Gasteiger charge is -2.26. The molecule has 0 unspecified atom stereocenters. The third kappa shape index (κ3) is 6.91. The number of nitrogens with one attached hydrogen (secondary N) is 2. The zero-order valence-electron chi connectivity index (χ0n) is 15.9. The molecule has 1 aromatic carbocycles. The number of guanidine groups is 1. The minimum atomic E-state index is 0. The van der Waals surface area contributed by atoms with Crippen molar-refractivity contribution in [2.45, 2.75) is 58.2 Å². The molecule has 0 atom stereocenters. The lowest BCUT2D eigenvalue weighted by Crippen LogP contribution is -2.42. The smallest absolute Gasteiger partial charge is 0.191 e. The SMILES string of the molecule is CCNC(=NCc1ccc(CN2CCCCC2)cc1)NC1CC=CC1.I. The van der Waals surface area contributed by atoms with Crippen LogP contribution in [0.1, 0.15) is 50.2 Å². The molecule has 1 aliphatic carbocycles. The Kier molecular flexibility index (Phi) is 9.46. The Morgan fingerprint density at radius 2 is 1.69 bits per heavy atom. The largest absolute Gasteiger partial charge is 0.357 e. The Bertz CT molecular complexity index is 568. The normalized spacial score (nSPS) is 18.6. The fraction of sp³-hybridized carbons (Fsp3) is 0.571. The number of likely N-dealkylation sites (tertiary alicyclic amines) is 1. The number of hydrogen-bond donors (Lipinski definition) is 2. The van der Waals surface area contributed by atoms with E-state index in [1.807, 2.05) is 0 Å². The number of hydrogen-bond acceptors (Lipinski definition) is 2. The minimum absolute atomic E-state index is 0. The summed E-state index contributed by atoms with van der Waals surface area (Å²) in [6.07, 6.45) is 10.8. The van der Waals surface area contributed by atoms with E-state index >= 15 is 0 Å².